The number of imidazole rings is 1. The Balaban J connectivity index is 1.59. The third kappa shape index (κ3) is 4.08. The molecule has 2 aromatic rings. The lowest BCUT2D eigenvalue weighted by atomic mass is 10.2. The Morgan fingerprint density at radius 3 is 3.00 bits per heavy atom. The van der Waals surface area contributed by atoms with E-state index in [9.17, 15) is 0 Å². The van der Waals surface area contributed by atoms with Gasteiger partial charge in [-0.1, -0.05) is 15.9 Å². The minimum absolute atomic E-state index is 0.642. The average molecular weight is 350 g/mol. The smallest absolute Gasteiger partial charge is 0.123 e. The van der Waals surface area contributed by atoms with E-state index in [0.29, 0.717) is 12.6 Å². The zero-order valence-electron chi connectivity index (χ0n) is 12.2. The largest absolute Gasteiger partial charge is 0.493 e. The van der Waals surface area contributed by atoms with Gasteiger partial charge < -0.3 is 14.6 Å². The van der Waals surface area contributed by atoms with Gasteiger partial charge in [0.15, 0.2) is 0 Å². The van der Waals surface area contributed by atoms with E-state index in [-0.39, 0.29) is 0 Å². The highest BCUT2D eigenvalue weighted by Crippen LogP contribution is 2.25. The lowest BCUT2D eigenvalue weighted by Gasteiger charge is -2.12. The molecule has 0 unspecified atom stereocenters. The molecule has 1 fully saturated rings. The quantitative estimate of drug-likeness (QED) is 0.834. The van der Waals surface area contributed by atoms with Crippen LogP contribution in [0.2, 0.25) is 0 Å². The summed E-state index contributed by atoms with van der Waals surface area (Å²) in [5.74, 6) is 2.00. The molecule has 3 rings (SSSR count). The van der Waals surface area contributed by atoms with E-state index >= 15 is 0 Å². The van der Waals surface area contributed by atoms with Gasteiger partial charge in [0.1, 0.15) is 11.6 Å². The maximum absolute atomic E-state index is 5.96. The van der Waals surface area contributed by atoms with Gasteiger partial charge in [-0.3, -0.25) is 0 Å². The fourth-order valence-corrected chi connectivity index (χ4v) is 2.67. The lowest BCUT2D eigenvalue weighted by Crippen LogP contribution is -2.16. The van der Waals surface area contributed by atoms with Crippen LogP contribution >= 0.6 is 15.9 Å². The fourth-order valence-electron chi connectivity index (χ4n) is 2.26. The van der Waals surface area contributed by atoms with Crippen molar-refractivity contribution in [1.29, 1.82) is 0 Å². The number of nitrogens with one attached hydrogen (secondary N) is 1. The van der Waals surface area contributed by atoms with E-state index in [1.54, 1.807) is 0 Å². The molecule has 1 saturated carbocycles. The van der Waals surface area contributed by atoms with Crippen LogP contribution in [0.5, 0.6) is 5.75 Å². The molecule has 0 bridgehead atoms. The molecule has 0 saturated heterocycles. The molecule has 1 N–H and O–H groups in total. The summed E-state index contributed by atoms with van der Waals surface area (Å²) in [6.45, 7) is 1.50. The van der Waals surface area contributed by atoms with Gasteiger partial charge in [-0.2, -0.15) is 0 Å². The lowest BCUT2D eigenvalue weighted by molar-refractivity contribution is 0.313. The summed E-state index contributed by atoms with van der Waals surface area (Å²) in [5, 5.41) is 3.54. The summed E-state index contributed by atoms with van der Waals surface area (Å²) in [5.41, 5.74) is 1.20. The first-order valence-electron chi connectivity index (χ1n) is 7.33. The Labute approximate surface area is 133 Å². The van der Waals surface area contributed by atoms with Crippen LogP contribution < -0.4 is 10.1 Å². The van der Waals surface area contributed by atoms with Crippen molar-refractivity contribution >= 4 is 15.9 Å². The average Bonchev–Trinajstić information content (AvgIpc) is 3.21. The van der Waals surface area contributed by atoms with Crippen molar-refractivity contribution in [3.8, 4) is 5.75 Å². The molecule has 1 aliphatic rings. The van der Waals surface area contributed by atoms with Crippen molar-refractivity contribution in [3.63, 3.8) is 0 Å². The van der Waals surface area contributed by atoms with Gasteiger partial charge in [0.05, 0.1) is 6.61 Å². The summed E-state index contributed by atoms with van der Waals surface area (Å²) in [4.78, 5) is 4.31. The van der Waals surface area contributed by atoms with E-state index in [4.69, 9.17) is 4.74 Å². The van der Waals surface area contributed by atoms with E-state index in [1.807, 2.05) is 36.1 Å². The predicted molar refractivity (Wildman–Crippen MR) is 86.4 cm³/mol. The van der Waals surface area contributed by atoms with Crippen molar-refractivity contribution in [2.24, 2.45) is 7.05 Å². The Morgan fingerprint density at radius 1 is 1.43 bits per heavy atom. The first-order valence-corrected chi connectivity index (χ1v) is 8.12. The van der Waals surface area contributed by atoms with Crippen molar-refractivity contribution in [1.82, 2.24) is 14.9 Å². The molecule has 4 nitrogen and oxygen atoms in total. The summed E-state index contributed by atoms with van der Waals surface area (Å²) < 4.78 is 9.08. The second kappa shape index (κ2) is 6.62. The van der Waals surface area contributed by atoms with E-state index < -0.39 is 0 Å². The van der Waals surface area contributed by atoms with Gasteiger partial charge in [-0.25, -0.2) is 4.98 Å². The zero-order chi connectivity index (χ0) is 14.7. The normalized spacial score (nSPS) is 14.4. The number of halogens is 1. The molecule has 1 heterocycles. The third-order valence-corrected chi connectivity index (χ3v) is 4.18. The standard InChI is InChI=1S/C16H20BrN3O/c1-20-8-7-18-16(20)6-9-21-15-5-2-13(17)10-12(15)11-19-14-3-4-14/h2,5,7-8,10,14,19H,3-4,6,9,11H2,1H3. The monoisotopic (exact) mass is 349 g/mol. The molecule has 0 atom stereocenters. The van der Waals surface area contributed by atoms with E-state index in [1.165, 1.54) is 18.4 Å². The van der Waals surface area contributed by atoms with Crippen molar-refractivity contribution in [2.75, 3.05) is 6.61 Å². The van der Waals surface area contributed by atoms with Gasteiger partial charge in [0.2, 0.25) is 0 Å². The number of aryl methyl sites for hydroxylation is 1. The minimum Gasteiger partial charge on any atom is -0.493 e. The SMILES string of the molecule is Cn1ccnc1CCOc1ccc(Br)cc1CNC1CC1. The van der Waals surface area contributed by atoms with Gasteiger partial charge >= 0.3 is 0 Å². The fraction of sp³-hybridized carbons (Fsp3) is 0.438. The summed E-state index contributed by atoms with van der Waals surface area (Å²) in [7, 11) is 2.01. The van der Waals surface area contributed by atoms with Gasteiger partial charge in [-0.15, -0.1) is 0 Å². The molecule has 0 spiro atoms. The third-order valence-electron chi connectivity index (χ3n) is 3.69. The number of rotatable bonds is 7. The minimum atomic E-state index is 0.642. The predicted octanol–water partition coefficient (Wildman–Crippen LogP) is 3.06. The van der Waals surface area contributed by atoms with Crippen molar-refractivity contribution < 1.29 is 4.74 Å². The van der Waals surface area contributed by atoms with Crippen LogP contribution in [0.4, 0.5) is 0 Å². The molecule has 0 radical (unpaired) electrons. The van der Waals surface area contributed by atoms with Crippen molar-refractivity contribution in [3.05, 3.63) is 46.5 Å². The van der Waals surface area contributed by atoms with E-state index in [2.05, 4.69) is 32.3 Å². The van der Waals surface area contributed by atoms with Gasteiger partial charge in [0.25, 0.3) is 0 Å². The van der Waals surface area contributed by atoms with Crippen LogP contribution in [0.1, 0.15) is 24.2 Å². The van der Waals surface area contributed by atoms with E-state index in [0.717, 1.165) is 29.0 Å². The van der Waals surface area contributed by atoms with Crippen LogP contribution in [0.25, 0.3) is 0 Å². The molecular weight excluding hydrogens is 330 g/mol. The molecule has 0 amide bonds. The highest BCUT2D eigenvalue weighted by atomic mass is 79.9. The van der Waals surface area contributed by atoms with Crippen LogP contribution in [-0.2, 0) is 20.0 Å². The van der Waals surface area contributed by atoms with Gasteiger partial charge in [0, 0.05) is 48.5 Å². The second-order valence-corrected chi connectivity index (χ2v) is 6.38. The van der Waals surface area contributed by atoms with Crippen LogP contribution in [-0.4, -0.2) is 22.2 Å². The maximum Gasteiger partial charge on any atom is 0.123 e. The number of hydrogen-bond donors (Lipinski definition) is 1. The highest BCUT2D eigenvalue weighted by Gasteiger charge is 2.20. The molecule has 1 aliphatic carbocycles. The molecule has 0 aliphatic heterocycles. The molecule has 112 valence electrons. The van der Waals surface area contributed by atoms with Crippen LogP contribution in [0.3, 0.4) is 0 Å². The molecule has 1 aromatic carbocycles. The molecular formula is C16H20BrN3O. The Bertz CT molecular complexity index is 607. The first kappa shape index (κ1) is 14.6. The van der Waals surface area contributed by atoms with Crippen LogP contribution in [0, 0.1) is 0 Å². The number of benzene rings is 1. The Hall–Kier alpha value is -1.33. The summed E-state index contributed by atoms with van der Waals surface area (Å²) >= 11 is 3.53. The number of ether oxygens (including phenoxy) is 1. The topological polar surface area (TPSA) is 39.1 Å². The number of nitrogens with zero attached hydrogens (tertiary/aromatic N) is 2. The molecule has 5 heteroatoms. The number of hydrogen-bond acceptors (Lipinski definition) is 3. The first-order chi connectivity index (χ1) is 10.2. The molecule has 21 heavy (non-hydrogen) atoms. The summed E-state index contributed by atoms with van der Waals surface area (Å²) in [6, 6.07) is 6.89. The zero-order valence-corrected chi connectivity index (χ0v) is 13.8. The Morgan fingerprint density at radius 2 is 2.29 bits per heavy atom. The maximum atomic E-state index is 5.96. The summed E-state index contributed by atoms with van der Waals surface area (Å²) in [6.07, 6.45) is 7.18. The highest BCUT2D eigenvalue weighted by molar-refractivity contribution is 9.10. The molecule has 1 aromatic heterocycles. The van der Waals surface area contributed by atoms with Crippen molar-refractivity contribution in [2.45, 2.75) is 31.8 Å². The number of aromatic nitrogens is 2. The second-order valence-electron chi connectivity index (χ2n) is 5.46. The van der Waals surface area contributed by atoms with Crippen LogP contribution in [0.15, 0.2) is 35.1 Å². The Kier molecular flexibility index (Phi) is 4.60. The van der Waals surface area contributed by atoms with Gasteiger partial charge in [-0.05, 0) is 31.0 Å².